The molecule has 8 rings (SSSR count). The molecule has 2 bridgehead atoms. The number of fused-ring (bicyclic) bond motifs is 4. The summed E-state index contributed by atoms with van der Waals surface area (Å²) in [7, 11) is 6.14. The van der Waals surface area contributed by atoms with Gasteiger partial charge in [0.15, 0.2) is 11.5 Å². The second-order valence-corrected chi connectivity index (χ2v) is 26.4. The molecule has 3 aliphatic heterocycles. The first kappa shape index (κ1) is 74.5. The van der Waals surface area contributed by atoms with Gasteiger partial charge in [0.1, 0.15) is 42.9 Å². The molecule has 6 atom stereocenters. The van der Waals surface area contributed by atoms with Gasteiger partial charge in [0, 0.05) is 82.8 Å². The number of carbonyl (C=O) groups is 11. The van der Waals surface area contributed by atoms with Crippen LogP contribution in [0, 0.1) is 11.3 Å². The fraction of sp³-hybridized carbons (Fsp3) is 0.440. The molecule has 24 nitrogen and oxygen atoms in total. The van der Waals surface area contributed by atoms with Gasteiger partial charge in [-0.2, -0.15) is 0 Å². The lowest BCUT2D eigenvalue weighted by Crippen LogP contribution is -2.58. The number of aromatic nitrogens is 1. The highest BCUT2D eigenvalue weighted by Gasteiger charge is 2.44. The van der Waals surface area contributed by atoms with Gasteiger partial charge >= 0.3 is 11.9 Å². The Morgan fingerprint density at radius 3 is 2.13 bits per heavy atom. The van der Waals surface area contributed by atoms with E-state index in [2.05, 4.69) is 26.3 Å². The predicted octanol–water partition coefficient (Wildman–Crippen LogP) is 7.60. The summed E-state index contributed by atoms with van der Waals surface area (Å²) in [4.78, 5) is 166. The number of piperidine rings is 1. The van der Waals surface area contributed by atoms with Gasteiger partial charge in [-0.25, -0.2) is 9.59 Å². The Hall–Kier alpha value is -10.3. The molecular weight excluding hydrogens is 1270 g/mol. The van der Waals surface area contributed by atoms with Gasteiger partial charge in [-0.05, 0) is 148 Å². The predicted molar refractivity (Wildman–Crippen MR) is 368 cm³/mol. The molecule has 0 unspecified atom stereocenters. The van der Waals surface area contributed by atoms with Crippen molar-refractivity contribution in [1.29, 1.82) is 0 Å². The smallest absolute Gasteiger partial charge is 0.330 e. The van der Waals surface area contributed by atoms with Gasteiger partial charge in [-0.3, -0.25) is 48.1 Å². The molecule has 2 saturated heterocycles. The first-order valence-electron chi connectivity index (χ1n) is 33.7. The summed E-state index contributed by atoms with van der Waals surface area (Å²) in [5, 5.41) is 11.4. The van der Waals surface area contributed by atoms with Crippen molar-refractivity contribution in [1.82, 2.24) is 35.2 Å². The van der Waals surface area contributed by atoms with Crippen molar-refractivity contribution in [2.24, 2.45) is 11.3 Å². The number of esters is 2. The Labute approximate surface area is 577 Å². The first-order valence-corrected chi connectivity index (χ1v) is 33.7. The van der Waals surface area contributed by atoms with Crippen molar-refractivity contribution >= 4 is 76.4 Å². The topological polar surface area (TPSA) is 299 Å². The number of amides is 8. The molecule has 4 N–H and O–H groups in total. The third-order valence-corrected chi connectivity index (χ3v) is 17.9. The number of anilines is 2. The average molecular weight is 1360 g/mol. The number of pyridine rings is 1. The Kier molecular flexibility index (Phi) is 26.6. The van der Waals surface area contributed by atoms with Gasteiger partial charge in [0.05, 0.1) is 26.1 Å². The number of ether oxygens (including phenoxy) is 4. The van der Waals surface area contributed by atoms with Gasteiger partial charge in [-0.15, -0.1) is 0 Å². The molecule has 4 aromatic carbocycles. The fourth-order valence-electron chi connectivity index (χ4n) is 12.4. The summed E-state index contributed by atoms with van der Waals surface area (Å²) in [6, 6.07) is 24.8. The van der Waals surface area contributed by atoms with E-state index in [1.807, 2.05) is 19.9 Å². The molecule has 2 fully saturated rings. The molecule has 24 heteroatoms. The van der Waals surface area contributed by atoms with Crippen LogP contribution in [-0.2, 0) is 81.5 Å². The van der Waals surface area contributed by atoms with E-state index < -0.39 is 101 Å². The zero-order chi connectivity index (χ0) is 71.3. The summed E-state index contributed by atoms with van der Waals surface area (Å²) >= 11 is 0. The van der Waals surface area contributed by atoms with Crippen LogP contribution in [0.15, 0.2) is 134 Å². The molecule has 8 amide bonds. The number of methoxy groups -OCH3 is 2. The Balaban J connectivity index is 1.09. The summed E-state index contributed by atoms with van der Waals surface area (Å²) in [5.74, 6) is -6.23. The van der Waals surface area contributed by atoms with Crippen molar-refractivity contribution in [3.05, 3.63) is 162 Å². The number of nitrogens with one attached hydrogen (secondary N) is 4. The van der Waals surface area contributed by atoms with Crippen molar-refractivity contribution in [3.63, 3.8) is 0 Å². The number of aryl methyl sites for hydroxylation is 1. The van der Waals surface area contributed by atoms with E-state index in [0.29, 0.717) is 70.8 Å². The quantitative estimate of drug-likeness (QED) is 0.0651. The lowest BCUT2D eigenvalue weighted by atomic mass is 9.87. The number of hydrogen-bond acceptors (Lipinski definition) is 16. The number of rotatable bonds is 13. The molecule has 99 heavy (non-hydrogen) atoms. The molecule has 5 aromatic rings. The average Bonchev–Trinajstić information content (AvgIpc) is 1.75. The number of likely N-dealkylation sites (N-methyl/N-ethyl adjacent to an activating group) is 2. The molecule has 1 aromatic heterocycles. The summed E-state index contributed by atoms with van der Waals surface area (Å²) < 4.78 is 22.9. The Morgan fingerprint density at radius 1 is 0.707 bits per heavy atom. The third kappa shape index (κ3) is 20.6. The van der Waals surface area contributed by atoms with Crippen LogP contribution in [0.25, 0.3) is 0 Å². The van der Waals surface area contributed by atoms with E-state index in [1.165, 1.54) is 66.9 Å². The van der Waals surface area contributed by atoms with Gasteiger partial charge in [-0.1, -0.05) is 86.7 Å². The Morgan fingerprint density at radius 2 is 1.41 bits per heavy atom. The van der Waals surface area contributed by atoms with E-state index in [0.717, 1.165) is 5.56 Å². The fourth-order valence-corrected chi connectivity index (χ4v) is 12.4. The van der Waals surface area contributed by atoms with Crippen molar-refractivity contribution in [3.8, 4) is 11.5 Å². The minimum Gasteiger partial charge on any atom is -0.493 e. The minimum atomic E-state index is -1.53. The zero-order valence-electron chi connectivity index (χ0n) is 57.6. The SMILES string of the molecule is COc1ccc(CC[C@H]2OC(=O)[C@@H]3CCCCN3C(=O)C(=O)C(C)(C)COC(=O)/C=C/CCN(C)C(=O)[C@H](CC(C)C)N(C)C(=O)[C@H]3CCCN3C(=O)[C@H](Cc3ccc(NC(=O)Cc4cccnc4)cc3)NC(=O)[C@H](c3ccccc3)NC(=O)CCC(=O)Nc3cccc2c3)cc1OC. The molecule has 0 spiro atoms. The van der Waals surface area contributed by atoms with Crippen LogP contribution in [-0.4, -0.2) is 168 Å². The van der Waals surface area contributed by atoms with Crippen LogP contribution < -0.4 is 30.7 Å². The van der Waals surface area contributed by atoms with Crippen LogP contribution in [0.4, 0.5) is 11.4 Å². The number of ketones is 1. The van der Waals surface area contributed by atoms with Gasteiger partial charge < -0.3 is 59.8 Å². The van der Waals surface area contributed by atoms with Gasteiger partial charge in [0.25, 0.3) is 5.91 Å². The van der Waals surface area contributed by atoms with Crippen molar-refractivity contribution in [2.75, 3.05) is 65.2 Å². The molecule has 526 valence electrons. The molecule has 0 radical (unpaired) electrons. The minimum absolute atomic E-state index is 0.0630. The number of carbonyl (C=O) groups excluding carboxylic acids is 11. The van der Waals surface area contributed by atoms with Crippen LogP contribution in [0.2, 0.25) is 0 Å². The van der Waals surface area contributed by atoms with Crippen LogP contribution in [0.5, 0.6) is 11.5 Å². The maximum Gasteiger partial charge on any atom is 0.330 e. The highest BCUT2D eigenvalue weighted by atomic mass is 16.5. The number of cyclic esters (lactones) is 2. The monoisotopic (exact) mass is 1360 g/mol. The maximum absolute atomic E-state index is 15.3. The molecular formula is C75H91N9O15. The summed E-state index contributed by atoms with van der Waals surface area (Å²) in [5.41, 5.74) is 2.19. The lowest BCUT2D eigenvalue weighted by Gasteiger charge is -2.36. The zero-order valence-corrected chi connectivity index (χ0v) is 57.6. The van der Waals surface area contributed by atoms with E-state index in [1.54, 1.807) is 123 Å². The van der Waals surface area contributed by atoms with Gasteiger partial charge in [0.2, 0.25) is 47.1 Å². The Bertz CT molecular complexity index is 3730. The molecule has 4 heterocycles. The van der Waals surface area contributed by atoms with E-state index in [4.69, 9.17) is 18.9 Å². The molecule has 3 aliphatic rings. The number of Topliss-reactive ketones (excluding diaryl/α,β-unsaturated/α-hetero) is 1. The van der Waals surface area contributed by atoms with E-state index >= 15 is 4.79 Å². The van der Waals surface area contributed by atoms with Crippen molar-refractivity contribution < 1.29 is 71.7 Å². The first-order chi connectivity index (χ1) is 47.4. The largest absolute Gasteiger partial charge is 0.493 e. The van der Waals surface area contributed by atoms with E-state index in [-0.39, 0.29) is 95.2 Å². The molecule has 0 saturated carbocycles. The second-order valence-electron chi connectivity index (χ2n) is 26.4. The molecule has 0 aliphatic carbocycles. The van der Waals surface area contributed by atoms with Crippen molar-refractivity contribution in [2.45, 2.75) is 147 Å². The number of nitrogens with zero attached hydrogens (tertiary/aromatic N) is 5. The lowest BCUT2D eigenvalue weighted by molar-refractivity contribution is -0.165. The third-order valence-electron chi connectivity index (χ3n) is 17.9. The van der Waals surface area contributed by atoms with E-state index in [9.17, 15) is 47.9 Å². The summed E-state index contributed by atoms with van der Waals surface area (Å²) in [6.45, 7) is 6.64. The normalized spacial score (nSPS) is 22.1. The maximum atomic E-state index is 15.3. The van der Waals surface area contributed by atoms with Crippen LogP contribution in [0.1, 0.15) is 132 Å². The highest BCUT2D eigenvalue weighted by Crippen LogP contribution is 2.34. The van der Waals surface area contributed by atoms with Crippen LogP contribution in [0.3, 0.4) is 0 Å². The summed E-state index contributed by atoms with van der Waals surface area (Å²) in [6.07, 6.45) is 7.12. The number of hydrogen-bond donors (Lipinski definition) is 4. The number of benzene rings is 4. The highest BCUT2D eigenvalue weighted by molar-refractivity contribution is 6.38. The second kappa shape index (κ2) is 35.3. The standard InChI is InChI=1S/C75H91N9O15/c1-48(2)41-59-71(92)81(5)38-14-13-26-66(88)98-47-75(3,4)68(89)73(94)84-39-15-12-24-58(84)74(95)99-60(33-29-50-30-34-61(96-7)62(43-50)97-8)53-22-16-23-55(45-53)78-63(85)35-36-64(86)80-67(52-20-10-9-11-21-52)69(90)79-56(70(91)83-40-18-25-57(83)72(93)82(59)6)42-49-27-31-54(32-28-49)77-65(87)44-51-19-17-37-76-46-51/h9-11,13,16-17,19-23,26-28,30-32,34,37,43,45-46,48,56-60,67H,12,14-15,18,24-25,29,33,35-36,38-42,44,47H2,1-8H3,(H,77,87)(H,78,85)(H,79,90)(H,80,86)/b26-13+/t56-,57+,58-,59-,60+,67-/m0/s1. The van der Waals surface area contributed by atoms with Crippen LogP contribution >= 0.6 is 0 Å².